The Kier molecular flexibility index (Phi) is 3.24. The van der Waals surface area contributed by atoms with Crippen LogP contribution in [0.3, 0.4) is 0 Å². The van der Waals surface area contributed by atoms with Crippen molar-refractivity contribution in [2.75, 3.05) is 5.32 Å². The molecule has 0 aliphatic carbocycles. The molecule has 1 aromatic heterocycles. The van der Waals surface area contributed by atoms with Crippen LogP contribution >= 0.6 is 15.9 Å². The Hall–Kier alpha value is -1.36. The van der Waals surface area contributed by atoms with Gasteiger partial charge in [-0.05, 0) is 24.6 Å². The molecule has 2 rings (SSSR count). The Morgan fingerprint density at radius 2 is 2.25 bits per heavy atom. The molecule has 0 spiro atoms. The Balaban J connectivity index is 2.10. The summed E-state index contributed by atoms with van der Waals surface area (Å²) in [5.41, 5.74) is 2.32. The number of aromatic nitrogens is 3. The van der Waals surface area contributed by atoms with Crippen LogP contribution in [0.5, 0.6) is 0 Å². The lowest BCUT2D eigenvalue weighted by Crippen LogP contribution is -2.07. The van der Waals surface area contributed by atoms with Gasteiger partial charge in [-0.25, -0.2) is 4.98 Å². The Morgan fingerprint density at radius 1 is 1.44 bits per heavy atom. The first kappa shape index (κ1) is 11.1. The fraction of sp³-hybridized carbons (Fsp3) is 0.273. The predicted octanol–water partition coefficient (Wildman–Crippen LogP) is 2.50. The number of hydrogen-bond acceptors (Lipinski definition) is 3. The maximum atomic E-state index is 4.16. The fourth-order valence-electron chi connectivity index (χ4n) is 1.44. The number of rotatable bonds is 3. The SMILES string of the molecule is Cc1ccc(Br)cc1NCc1ncnn1C. The number of nitrogens with one attached hydrogen (secondary N) is 1. The van der Waals surface area contributed by atoms with Crippen molar-refractivity contribution in [2.24, 2.45) is 7.05 Å². The maximum Gasteiger partial charge on any atom is 0.145 e. The van der Waals surface area contributed by atoms with E-state index in [2.05, 4.69) is 50.4 Å². The second kappa shape index (κ2) is 4.65. The molecule has 0 aliphatic heterocycles. The van der Waals surface area contributed by atoms with Gasteiger partial charge in [0.2, 0.25) is 0 Å². The third kappa shape index (κ3) is 2.41. The lowest BCUT2D eigenvalue weighted by molar-refractivity contribution is 0.712. The van der Waals surface area contributed by atoms with Gasteiger partial charge in [0.1, 0.15) is 12.2 Å². The molecule has 2 aromatic rings. The van der Waals surface area contributed by atoms with Gasteiger partial charge < -0.3 is 5.32 Å². The summed E-state index contributed by atoms with van der Waals surface area (Å²) in [6, 6.07) is 6.16. The molecule has 1 heterocycles. The van der Waals surface area contributed by atoms with Gasteiger partial charge in [-0.3, -0.25) is 4.68 Å². The zero-order chi connectivity index (χ0) is 11.5. The van der Waals surface area contributed by atoms with Crippen LogP contribution in [0.1, 0.15) is 11.4 Å². The van der Waals surface area contributed by atoms with Crippen molar-refractivity contribution >= 4 is 21.6 Å². The first-order valence-electron chi connectivity index (χ1n) is 4.99. The molecule has 0 amide bonds. The van der Waals surface area contributed by atoms with Crippen molar-refractivity contribution in [1.82, 2.24) is 14.8 Å². The summed E-state index contributed by atoms with van der Waals surface area (Å²) in [6.07, 6.45) is 1.56. The molecule has 0 saturated heterocycles. The molecular weight excluding hydrogens is 268 g/mol. The molecule has 0 fully saturated rings. The summed E-state index contributed by atoms with van der Waals surface area (Å²) in [5.74, 6) is 0.916. The van der Waals surface area contributed by atoms with Crippen LogP contribution < -0.4 is 5.32 Å². The Morgan fingerprint density at radius 3 is 2.94 bits per heavy atom. The minimum Gasteiger partial charge on any atom is -0.378 e. The van der Waals surface area contributed by atoms with Gasteiger partial charge in [-0.15, -0.1) is 0 Å². The lowest BCUT2D eigenvalue weighted by atomic mass is 10.2. The normalized spacial score (nSPS) is 10.4. The maximum absolute atomic E-state index is 4.16. The summed E-state index contributed by atoms with van der Waals surface area (Å²) < 4.78 is 2.83. The fourth-order valence-corrected chi connectivity index (χ4v) is 1.80. The number of nitrogens with zero attached hydrogens (tertiary/aromatic N) is 3. The average Bonchev–Trinajstić information content (AvgIpc) is 2.66. The molecule has 16 heavy (non-hydrogen) atoms. The first-order chi connectivity index (χ1) is 7.66. The molecule has 5 heteroatoms. The Bertz CT molecular complexity index is 492. The van der Waals surface area contributed by atoms with Gasteiger partial charge in [0.15, 0.2) is 0 Å². The standard InChI is InChI=1S/C11H13BrN4/c1-8-3-4-9(12)5-10(8)13-6-11-14-7-15-16(11)2/h3-5,7,13H,6H2,1-2H3. The van der Waals surface area contributed by atoms with E-state index in [1.54, 1.807) is 11.0 Å². The molecule has 0 saturated carbocycles. The van der Waals surface area contributed by atoms with E-state index in [0.717, 1.165) is 16.0 Å². The number of anilines is 1. The quantitative estimate of drug-likeness (QED) is 0.940. The van der Waals surface area contributed by atoms with Gasteiger partial charge >= 0.3 is 0 Å². The van der Waals surface area contributed by atoms with E-state index >= 15 is 0 Å². The third-order valence-electron chi connectivity index (χ3n) is 2.44. The molecule has 0 aliphatic rings. The van der Waals surface area contributed by atoms with Crippen LogP contribution in [-0.2, 0) is 13.6 Å². The summed E-state index contributed by atoms with van der Waals surface area (Å²) in [7, 11) is 1.89. The zero-order valence-corrected chi connectivity index (χ0v) is 10.8. The van der Waals surface area contributed by atoms with Crippen LogP contribution in [0.15, 0.2) is 29.0 Å². The summed E-state index contributed by atoms with van der Waals surface area (Å²) in [5, 5.41) is 7.37. The van der Waals surface area contributed by atoms with Gasteiger partial charge in [-0.1, -0.05) is 22.0 Å². The van der Waals surface area contributed by atoms with E-state index in [1.165, 1.54) is 5.56 Å². The van der Waals surface area contributed by atoms with Gasteiger partial charge in [-0.2, -0.15) is 5.10 Å². The molecule has 1 aromatic carbocycles. The largest absolute Gasteiger partial charge is 0.378 e. The molecule has 0 unspecified atom stereocenters. The summed E-state index contributed by atoms with van der Waals surface area (Å²) in [4.78, 5) is 4.16. The number of halogens is 1. The van der Waals surface area contributed by atoms with Gasteiger partial charge in [0, 0.05) is 17.2 Å². The highest BCUT2D eigenvalue weighted by atomic mass is 79.9. The van der Waals surface area contributed by atoms with E-state index in [4.69, 9.17) is 0 Å². The van der Waals surface area contributed by atoms with Gasteiger partial charge in [0.25, 0.3) is 0 Å². The van der Waals surface area contributed by atoms with Crippen LogP contribution in [0.4, 0.5) is 5.69 Å². The van der Waals surface area contributed by atoms with E-state index in [0.29, 0.717) is 6.54 Å². The molecule has 84 valence electrons. The predicted molar refractivity (Wildman–Crippen MR) is 67.2 cm³/mol. The number of hydrogen-bond donors (Lipinski definition) is 1. The molecular formula is C11H13BrN4. The second-order valence-corrected chi connectivity index (χ2v) is 4.53. The van der Waals surface area contributed by atoms with Crippen molar-refractivity contribution in [2.45, 2.75) is 13.5 Å². The lowest BCUT2D eigenvalue weighted by Gasteiger charge is -2.09. The topological polar surface area (TPSA) is 42.7 Å². The third-order valence-corrected chi connectivity index (χ3v) is 2.93. The van der Waals surface area contributed by atoms with E-state index in [1.807, 2.05) is 13.1 Å². The van der Waals surface area contributed by atoms with Crippen LogP contribution in [0, 0.1) is 6.92 Å². The first-order valence-corrected chi connectivity index (χ1v) is 5.79. The molecule has 0 atom stereocenters. The van der Waals surface area contributed by atoms with Gasteiger partial charge in [0.05, 0.1) is 6.54 Å². The monoisotopic (exact) mass is 280 g/mol. The number of aryl methyl sites for hydroxylation is 2. The van der Waals surface area contributed by atoms with E-state index < -0.39 is 0 Å². The highest BCUT2D eigenvalue weighted by molar-refractivity contribution is 9.10. The van der Waals surface area contributed by atoms with Crippen LogP contribution in [-0.4, -0.2) is 14.8 Å². The smallest absolute Gasteiger partial charge is 0.145 e. The van der Waals surface area contributed by atoms with E-state index in [-0.39, 0.29) is 0 Å². The summed E-state index contributed by atoms with van der Waals surface area (Å²) >= 11 is 3.46. The second-order valence-electron chi connectivity index (χ2n) is 3.61. The molecule has 0 bridgehead atoms. The van der Waals surface area contributed by atoms with Crippen LogP contribution in [0.25, 0.3) is 0 Å². The van der Waals surface area contributed by atoms with Crippen molar-refractivity contribution in [3.8, 4) is 0 Å². The van der Waals surface area contributed by atoms with Crippen LogP contribution in [0.2, 0.25) is 0 Å². The molecule has 0 radical (unpaired) electrons. The highest BCUT2D eigenvalue weighted by Crippen LogP contribution is 2.20. The Labute approximate surface area is 103 Å². The number of benzene rings is 1. The molecule has 1 N–H and O–H groups in total. The minimum atomic E-state index is 0.674. The highest BCUT2D eigenvalue weighted by Gasteiger charge is 2.02. The zero-order valence-electron chi connectivity index (χ0n) is 9.24. The van der Waals surface area contributed by atoms with Crippen molar-refractivity contribution in [3.63, 3.8) is 0 Å². The summed E-state index contributed by atoms with van der Waals surface area (Å²) in [6.45, 7) is 2.75. The van der Waals surface area contributed by atoms with E-state index in [9.17, 15) is 0 Å². The molecule has 4 nitrogen and oxygen atoms in total. The van der Waals surface area contributed by atoms with Crippen molar-refractivity contribution in [1.29, 1.82) is 0 Å². The average molecular weight is 281 g/mol. The van der Waals surface area contributed by atoms with Crippen molar-refractivity contribution in [3.05, 3.63) is 40.4 Å². The minimum absolute atomic E-state index is 0.674. The van der Waals surface area contributed by atoms with Crippen molar-refractivity contribution < 1.29 is 0 Å².